The summed E-state index contributed by atoms with van der Waals surface area (Å²) in [4.78, 5) is 16.2. The fourth-order valence-corrected chi connectivity index (χ4v) is 2.73. The number of aromatic nitrogens is 3. The minimum atomic E-state index is -0.206. The molecule has 2 aromatic heterocycles. The van der Waals surface area contributed by atoms with E-state index in [9.17, 15) is 9.90 Å². The standard InChI is InChI=1S/C20H19N5O2/c1-12(2)24-19(26)15-5-7-18(22-10-15)25-20(27)17(11-23-25)16-6-4-14(9-21)8-13(16)3/h4-8,10-12,27H,1-3H3,(H,24,26). The van der Waals surface area contributed by atoms with E-state index in [2.05, 4.69) is 21.5 Å². The Balaban J connectivity index is 1.92. The lowest BCUT2D eigenvalue weighted by Crippen LogP contribution is -2.30. The Morgan fingerprint density at radius 2 is 2.00 bits per heavy atom. The van der Waals surface area contributed by atoms with E-state index >= 15 is 0 Å². The molecule has 0 saturated heterocycles. The van der Waals surface area contributed by atoms with Crippen molar-refractivity contribution in [1.29, 1.82) is 5.26 Å². The van der Waals surface area contributed by atoms with Gasteiger partial charge in [-0.2, -0.15) is 15.0 Å². The number of nitriles is 1. The summed E-state index contributed by atoms with van der Waals surface area (Å²) in [6, 6.07) is 10.6. The van der Waals surface area contributed by atoms with Gasteiger partial charge in [0.15, 0.2) is 5.82 Å². The van der Waals surface area contributed by atoms with Crippen LogP contribution in [0.5, 0.6) is 5.88 Å². The number of pyridine rings is 1. The van der Waals surface area contributed by atoms with Gasteiger partial charge in [0.2, 0.25) is 5.88 Å². The normalized spacial score (nSPS) is 10.6. The summed E-state index contributed by atoms with van der Waals surface area (Å²) in [7, 11) is 0. The number of carbonyl (C=O) groups is 1. The molecule has 2 N–H and O–H groups in total. The molecule has 136 valence electrons. The summed E-state index contributed by atoms with van der Waals surface area (Å²) in [6.45, 7) is 5.63. The van der Waals surface area contributed by atoms with Crippen LogP contribution in [0.2, 0.25) is 0 Å². The molecule has 0 aliphatic rings. The van der Waals surface area contributed by atoms with E-state index in [-0.39, 0.29) is 17.8 Å². The molecule has 0 radical (unpaired) electrons. The first-order chi connectivity index (χ1) is 12.9. The summed E-state index contributed by atoms with van der Waals surface area (Å²) in [5.74, 6) is 0.128. The molecule has 0 aliphatic heterocycles. The molecule has 2 heterocycles. The van der Waals surface area contributed by atoms with Gasteiger partial charge in [-0.3, -0.25) is 4.79 Å². The first kappa shape index (κ1) is 18.1. The molecule has 1 amide bonds. The minimum Gasteiger partial charge on any atom is -0.493 e. The van der Waals surface area contributed by atoms with Crippen LogP contribution < -0.4 is 5.32 Å². The number of nitrogens with zero attached hydrogens (tertiary/aromatic N) is 4. The van der Waals surface area contributed by atoms with Crippen molar-refractivity contribution < 1.29 is 9.90 Å². The molecule has 0 aliphatic carbocycles. The van der Waals surface area contributed by atoms with Gasteiger partial charge in [0.05, 0.1) is 29.0 Å². The van der Waals surface area contributed by atoms with Gasteiger partial charge in [-0.15, -0.1) is 0 Å². The molecule has 7 nitrogen and oxygen atoms in total. The molecule has 0 spiro atoms. The van der Waals surface area contributed by atoms with Crippen molar-refractivity contribution in [2.45, 2.75) is 26.8 Å². The van der Waals surface area contributed by atoms with Crippen LogP contribution in [0.25, 0.3) is 16.9 Å². The molecule has 3 aromatic rings. The Labute approximate surface area is 156 Å². The first-order valence-corrected chi connectivity index (χ1v) is 8.46. The second-order valence-electron chi connectivity index (χ2n) is 6.47. The largest absolute Gasteiger partial charge is 0.493 e. The highest BCUT2D eigenvalue weighted by molar-refractivity contribution is 5.94. The highest BCUT2D eigenvalue weighted by Gasteiger charge is 2.16. The van der Waals surface area contributed by atoms with E-state index < -0.39 is 0 Å². The Hall–Kier alpha value is -3.66. The van der Waals surface area contributed by atoms with Crippen LogP contribution in [0, 0.1) is 18.3 Å². The van der Waals surface area contributed by atoms with Gasteiger partial charge in [-0.05, 0) is 56.2 Å². The number of aromatic hydroxyl groups is 1. The van der Waals surface area contributed by atoms with Gasteiger partial charge in [-0.25, -0.2) is 4.98 Å². The first-order valence-electron chi connectivity index (χ1n) is 8.46. The smallest absolute Gasteiger partial charge is 0.253 e. The molecule has 0 saturated carbocycles. The highest BCUT2D eigenvalue weighted by atomic mass is 16.3. The van der Waals surface area contributed by atoms with Crippen molar-refractivity contribution >= 4 is 5.91 Å². The van der Waals surface area contributed by atoms with Crippen LogP contribution in [-0.4, -0.2) is 31.8 Å². The third kappa shape index (κ3) is 3.65. The average molecular weight is 361 g/mol. The predicted molar refractivity (Wildman–Crippen MR) is 101 cm³/mol. The predicted octanol–water partition coefficient (Wildman–Crippen LogP) is 2.96. The third-order valence-electron chi connectivity index (χ3n) is 4.04. The van der Waals surface area contributed by atoms with Crippen molar-refractivity contribution in [2.24, 2.45) is 0 Å². The summed E-state index contributed by atoms with van der Waals surface area (Å²) >= 11 is 0. The second kappa shape index (κ2) is 7.30. The molecular weight excluding hydrogens is 342 g/mol. The average Bonchev–Trinajstić information content (AvgIpc) is 3.02. The number of carbonyl (C=O) groups excluding carboxylic acids is 1. The van der Waals surface area contributed by atoms with Crippen LogP contribution in [0.3, 0.4) is 0 Å². The van der Waals surface area contributed by atoms with Crippen molar-refractivity contribution in [3.05, 3.63) is 59.4 Å². The Morgan fingerprint density at radius 3 is 2.59 bits per heavy atom. The Morgan fingerprint density at radius 1 is 1.22 bits per heavy atom. The number of rotatable bonds is 4. The van der Waals surface area contributed by atoms with Crippen LogP contribution in [-0.2, 0) is 0 Å². The van der Waals surface area contributed by atoms with Crippen LogP contribution in [0.1, 0.15) is 35.3 Å². The summed E-state index contributed by atoms with van der Waals surface area (Å²) in [5.41, 5.74) is 3.17. The quantitative estimate of drug-likeness (QED) is 0.743. The molecule has 0 fully saturated rings. The summed E-state index contributed by atoms with van der Waals surface area (Å²) in [6.07, 6.45) is 2.99. The molecule has 7 heteroatoms. The molecular formula is C20H19N5O2. The molecule has 27 heavy (non-hydrogen) atoms. The van der Waals surface area contributed by atoms with Crippen molar-refractivity contribution in [1.82, 2.24) is 20.1 Å². The maximum Gasteiger partial charge on any atom is 0.253 e. The Kier molecular flexibility index (Phi) is 4.90. The number of amides is 1. The van der Waals surface area contributed by atoms with Gasteiger partial charge in [-0.1, -0.05) is 6.07 Å². The van der Waals surface area contributed by atoms with Crippen molar-refractivity contribution in [3.8, 4) is 28.9 Å². The van der Waals surface area contributed by atoms with E-state index in [1.54, 1.807) is 36.5 Å². The molecule has 0 bridgehead atoms. The molecule has 3 rings (SSSR count). The van der Waals surface area contributed by atoms with E-state index in [0.717, 1.165) is 11.1 Å². The zero-order chi connectivity index (χ0) is 19.6. The number of nitrogens with one attached hydrogen (secondary N) is 1. The lowest BCUT2D eigenvalue weighted by molar-refractivity contribution is 0.0943. The SMILES string of the molecule is Cc1cc(C#N)ccc1-c1cnn(-c2ccc(C(=O)NC(C)C)cn2)c1O. The van der Waals surface area contributed by atoms with E-state index in [0.29, 0.717) is 22.5 Å². The van der Waals surface area contributed by atoms with Crippen molar-refractivity contribution in [3.63, 3.8) is 0 Å². The zero-order valence-corrected chi connectivity index (χ0v) is 15.3. The summed E-state index contributed by atoms with van der Waals surface area (Å²) in [5, 5.41) is 26.6. The maximum absolute atomic E-state index is 12.0. The van der Waals surface area contributed by atoms with E-state index in [1.807, 2.05) is 20.8 Å². The number of aryl methyl sites for hydroxylation is 1. The molecule has 1 aromatic carbocycles. The monoisotopic (exact) mass is 361 g/mol. The maximum atomic E-state index is 12.0. The molecule has 0 atom stereocenters. The third-order valence-corrected chi connectivity index (χ3v) is 4.04. The van der Waals surface area contributed by atoms with Gasteiger partial charge < -0.3 is 10.4 Å². The van der Waals surface area contributed by atoms with Gasteiger partial charge >= 0.3 is 0 Å². The van der Waals surface area contributed by atoms with Gasteiger partial charge in [0.25, 0.3) is 5.91 Å². The molecule has 0 unspecified atom stereocenters. The summed E-state index contributed by atoms with van der Waals surface area (Å²) < 4.78 is 1.30. The Bertz CT molecular complexity index is 1030. The van der Waals surface area contributed by atoms with E-state index in [4.69, 9.17) is 5.26 Å². The number of hydrogen-bond donors (Lipinski definition) is 2. The van der Waals surface area contributed by atoms with Crippen LogP contribution in [0.4, 0.5) is 0 Å². The number of hydrogen-bond acceptors (Lipinski definition) is 5. The van der Waals surface area contributed by atoms with Gasteiger partial charge in [0.1, 0.15) is 0 Å². The minimum absolute atomic E-state index is 0.0329. The number of benzene rings is 1. The zero-order valence-electron chi connectivity index (χ0n) is 15.3. The lowest BCUT2D eigenvalue weighted by atomic mass is 10.0. The van der Waals surface area contributed by atoms with Gasteiger partial charge in [0, 0.05) is 12.2 Å². The van der Waals surface area contributed by atoms with Crippen molar-refractivity contribution in [2.75, 3.05) is 0 Å². The fraction of sp³-hybridized carbons (Fsp3) is 0.200. The van der Waals surface area contributed by atoms with Crippen LogP contribution >= 0.6 is 0 Å². The van der Waals surface area contributed by atoms with Crippen LogP contribution in [0.15, 0.2) is 42.7 Å². The lowest BCUT2D eigenvalue weighted by Gasteiger charge is -2.09. The second-order valence-corrected chi connectivity index (χ2v) is 6.47. The fourth-order valence-electron chi connectivity index (χ4n) is 2.73. The topological polar surface area (TPSA) is 104 Å². The van der Waals surface area contributed by atoms with E-state index in [1.165, 1.54) is 10.9 Å². The highest BCUT2D eigenvalue weighted by Crippen LogP contribution is 2.32.